The molecule has 0 bridgehead atoms. The summed E-state index contributed by atoms with van der Waals surface area (Å²) in [4.78, 5) is 17.6. The van der Waals surface area contributed by atoms with Crippen molar-refractivity contribution in [1.29, 1.82) is 0 Å². The van der Waals surface area contributed by atoms with E-state index in [-0.39, 0.29) is 18.3 Å². The van der Waals surface area contributed by atoms with Crippen LogP contribution in [-0.2, 0) is 9.31 Å². The summed E-state index contributed by atoms with van der Waals surface area (Å²) in [5.41, 5.74) is 19.3. The first-order valence-corrected chi connectivity index (χ1v) is 21.0. The highest BCUT2D eigenvalue weighted by Gasteiger charge is 2.51. The fourth-order valence-corrected chi connectivity index (χ4v) is 7.48. The van der Waals surface area contributed by atoms with Gasteiger partial charge in [0.1, 0.15) is 0 Å². The predicted molar refractivity (Wildman–Crippen MR) is 241 cm³/mol. The molecule has 6 aromatic heterocycles. The zero-order chi connectivity index (χ0) is 41.6. The number of rotatable bonds is 6. The second-order valence-corrected chi connectivity index (χ2v) is 17.5. The highest BCUT2D eigenvalue weighted by atomic mass is 79.9. The third-order valence-electron chi connectivity index (χ3n) is 11.4. The summed E-state index contributed by atoms with van der Waals surface area (Å²) in [6, 6.07) is 28.6. The average Bonchev–Trinajstić information content (AvgIpc) is 4.17. The summed E-state index contributed by atoms with van der Waals surface area (Å²) in [5.74, 6) is 2.96. The van der Waals surface area contributed by atoms with Crippen molar-refractivity contribution in [3.05, 3.63) is 138 Å². The van der Waals surface area contributed by atoms with Crippen LogP contribution in [0.2, 0.25) is 0 Å². The van der Waals surface area contributed by atoms with Crippen molar-refractivity contribution in [3.63, 3.8) is 0 Å². The standard InChI is InChI=1S/C21H24BN3O2.C20H17N5.C5H5BrN2/c1-20(2)21(3,4)27-22(26-20)16-11-10-15-13-23-25(18(15)12-16)19-7-5-6-17(24-19)14-8-9-14;21-17-8-16(10-22-12-17)14-6-7-15-11-23-25(19(15)9-14)20-3-1-2-18(24-20)13-4-5-13;6-4-1-5(7)3-8-2-4/h5-7,10-14H,8-9H2,1-4H3;1-3,6-13H,4-5,21H2;1-3H,7H2. The van der Waals surface area contributed by atoms with E-state index in [0.29, 0.717) is 23.2 Å². The van der Waals surface area contributed by atoms with Crippen molar-refractivity contribution in [3.8, 4) is 22.8 Å². The third kappa shape index (κ3) is 8.40. The molecule has 0 unspecified atom stereocenters. The Kier molecular flexibility index (Phi) is 10.5. The van der Waals surface area contributed by atoms with Gasteiger partial charge in [-0.25, -0.2) is 19.3 Å². The van der Waals surface area contributed by atoms with E-state index >= 15 is 0 Å². The van der Waals surface area contributed by atoms with Gasteiger partial charge in [0.2, 0.25) is 0 Å². The van der Waals surface area contributed by atoms with E-state index < -0.39 is 0 Å². The lowest BCUT2D eigenvalue weighted by atomic mass is 9.79. The van der Waals surface area contributed by atoms with Gasteiger partial charge in [0.15, 0.2) is 11.6 Å². The van der Waals surface area contributed by atoms with Gasteiger partial charge in [-0.15, -0.1) is 0 Å². The van der Waals surface area contributed by atoms with Crippen LogP contribution in [0.15, 0.2) is 127 Å². The molecule has 60 heavy (non-hydrogen) atoms. The van der Waals surface area contributed by atoms with Gasteiger partial charge in [-0.2, -0.15) is 10.2 Å². The molecular weight excluding hydrogens is 815 g/mol. The minimum Gasteiger partial charge on any atom is -0.399 e. The van der Waals surface area contributed by atoms with Crippen LogP contribution in [0.3, 0.4) is 0 Å². The normalized spacial score (nSPS) is 16.6. The van der Waals surface area contributed by atoms with Crippen LogP contribution in [0.25, 0.3) is 44.6 Å². The first-order valence-electron chi connectivity index (χ1n) is 20.2. The molecule has 0 spiro atoms. The molecule has 0 radical (unpaired) electrons. The fourth-order valence-electron chi connectivity index (χ4n) is 7.10. The topological polar surface area (TPSA) is 158 Å². The smallest absolute Gasteiger partial charge is 0.399 e. The maximum absolute atomic E-state index is 6.21. The SMILES string of the molecule is CC1(C)OB(c2ccc3cnn(-c4cccc(C5CC5)n4)c3c2)OC1(C)C.Nc1cncc(-c2ccc3cnn(-c4cccc(C5CC5)n4)c3c2)c1.Nc1cncc(Br)c1. The Morgan fingerprint density at radius 1 is 0.600 bits per heavy atom. The van der Waals surface area contributed by atoms with Crippen molar-refractivity contribution >= 4 is 61.7 Å². The summed E-state index contributed by atoms with van der Waals surface area (Å²) in [6.07, 6.45) is 15.5. The van der Waals surface area contributed by atoms with Crippen molar-refractivity contribution in [2.45, 2.75) is 76.4 Å². The number of fused-ring (bicyclic) bond motifs is 2. The molecule has 2 aliphatic carbocycles. The van der Waals surface area contributed by atoms with E-state index in [4.69, 9.17) is 30.7 Å². The molecule has 12 nitrogen and oxygen atoms in total. The highest BCUT2D eigenvalue weighted by Crippen LogP contribution is 2.40. The minimum atomic E-state index is -0.381. The van der Waals surface area contributed by atoms with Crippen molar-refractivity contribution in [2.24, 2.45) is 0 Å². The molecule has 4 N–H and O–H groups in total. The van der Waals surface area contributed by atoms with Gasteiger partial charge in [0.05, 0.1) is 46.0 Å². The Balaban J connectivity index is 0.000000131. The van der Waals surface area contributed by atoms with E-state index in [2.05, 4.69) is 124 Å². The molecule has 14 heteroatoms. The summed E-state index contributed by atoms with van der Waals surface area (Å²) in [6.45, 7) is 8.29. The van der Waals surface area contributed by atoms with E-state index in [9.17, 15) is 0 Å². The second kappa shape index (κ2) is 15.9. The number of nitrogens with zero attached hydrogens (tertiary/aromatic N) is 8. The van der Waals surface area contributed by atoms with Crippen LogP contribution in [-0.4, -0.2) is 57.8 Å². The van der Waals surface area contributed by atoms with Crippen LogP contribution >= 0.6 is 15.9 Å². The molecule has 7 heterocycles. The van der Waals surface area contributed by atoms with Crippen LogP contribution < -0.4 is 16.9 Å². The zero-order valence-corrected chi connectivity index (χ0v) is 35.6. The van der Waals surface area contributed by atoms with Gasteiger partial charge in [-0.05, 0) is 129 Å². The lowest BCUT2D eigenvalue weighted by molar-refractivity contribution is 0.00578. The fraction of sp³-hybridized carbons (Fsp3) is 0.261. The quantitative estimate of drug-likeness (QED) is 0.155. The molecule has 2 saturated carbocycles. The van der Waals surface area contributed by atoms with Gasteiger partial charge < -0.3 is 20.8 Å². The molecule has 0 amide bonds. The Morgan fingerprint density at radius 2 is 1.13 bits per heavy atom. The van der Waals surface area contributed by atoms with E-state index in [1.165, 1.54) is 31.4 Å². The molecule has 1 aliphatic heterocycles. The van der Waals surface area contributed by atoms with Crippen LogP contribution in [0.1, 0.15) is 76.6 Å². The predicted octanol–water partition coefficient (Wildman–Crippen LogP) is 8.97. The summed E-state index contributed by atoms with van der Waals surface area (Å²) in [7, 11) is -0.381. The molecule has 11 rings (SSSR count). The molecular formula is C46H46BBrN10O2. The number of hydrogen-bond donors (Lipinski definition) is 2. The summed E-state index contributed by atoms with van der Waals surface area (Å²) >= 11 is 3.22. The van der Waals surface area contributed by atoms with Crippen molar-refractivity contribution in [1.82, 2.24) is 39.5 Å². The molecule has 8 aromatic rings. The number of nitrogen functional groups attached to an aromatic ring is 2. The molecule has 2 aromatic carbocycles. The monoisotopic (exact) mass is 860 g/mol. The number of hydrogen-bond acceptors (Lipinski definition) is 10. The van der Waals surface area contributed by atoms with Gasteiger partial charge in [-0.1, -0.05) is 36.4 Å². The van der Waals surface area contributed by atoms with Crippen LogP contribution in [0.4, 0.5) is 11.4 Å². The largest absolute Gasteiger partial charge is 0.494 e. The number of aromatic nitrogens is 8. The first kappa shape index (κ1) is 39.5. The van der Waals surface area contributed by atoms with Gasteiger partial charge >= 0.3 is 7.12 Å². The van der Waals surface area contributed by atoms with E-state index in [0.717, 1.165) is 60.2 Å². The minimum absolute atomic E-state index is 0.354. The number of benzene rings is 2. The first-order chi connectivity index (χ1) is 28.9. The molecule has 302 valence electrons. The van der Waals surface area contributed by atoms with E-state index in [1.54, 1.807) is 24.7 Å². The molecule has 3 aliphatic rings. The Bertz CT molecular complexity index is 2800. The average molecular weight is 862 g/mol. The lowest BCUT2D eigenvalue weighted by Gasteiger charge is -2.32. The van der Waals surface area contributed by atoms with Crippen LogP contribution in [0.5, 0.6) is 0 Å². The maximum atomic E-state index is 6.21. The van der Waals surface area contributed by atoms with Gasteiger partial charge in [0, 0.05) is 68.8 Å². The van der Waals surface area contributed by atoms with Crippen molar-refractivity contribution < 1.29 is 9.31 Å². The van der Waals surface area contributed by atoms with E-state index in [1.807, 2.05) is 46.2 Å². The van der Waals surface area contributed by atoms with Crippen LogP contribution in [0, 0.1) is 0 Å². The highest BCUT2D eigenvalue weighted by molar-refractivity contribution is 9.10. The van der Waals surface area contributed by atoms with Gasteiger partial charge in [0.25, 0.3) is 0 Å². The Hall–Kier alpha value is -5.96. The lowest BCUT2D eigenvalue weighted by Crippen LogP contribution is -2.41. The number of nitrogens with two attached hydrogens (primary N) is 2. The Labute approximate surface area is 357 Å². The number of pyridine rings is 4. The zero-order valence-electron chi connectivity index (χ0n) is 34.0. The number of anilines is 2. The molecule has 0 atom stereocenters. The molecule has 1 saturated heterocycles. The maximum Gasteiger partial charge on any atom is 0.494 e. The molecule has 3 fully saturated rings. The Morgan fingerprint density at radius 3 is 1.65 bits per heavy atom. The third-order valence-corrected chi connectivity index (χ3v) is 11.9. The summed E-state index contributed by atoms with van der Waals surface area (Å²) < 4.78 is 17.2. The van der Waals surface area contributed by atoms with Gasteiger partial charge in [-0.3, -0.25) is 9.97 Å². The number of halogens is 1. The van der Waals surface area contributed by atoms with Crippen molar-refractivity contribution in [2.75, 3.05) is 11.5 Å². The summed E-state index contributed by atoms with van der Waals surface area (Å²) in [5, 5.41) is 11.3. The second-order valence-electron chi connectivity index (χ2n) is 16.6.